The summed E-state index contributed by atoms with van der Waals surface area (Å²) in [6.07, 6.45) is 1.82. The molecule has 1 aliphatic heterocycles. The number of carbonyl (C=O) groups is 1. The van der Waals surface area contributed by atoms with Gasteiger partial charge in [-0.25, -0.2) is 0 Å². The summed E-state index contributed by atoms with van der Waals surface area (Å²) < 4.78 is 0. The molecule has 1 saturated heterocycles. The molecule has 1 aromatic rings. The van der Waals surface area contributed by atoms with Crippen molar-refractivity contribution in [3.05, 3.63) is 28.8 Å². The van der Waals surface area contributed by atoms with Gasteiger partial charge in [-0.15, -0.1) is 0 Å². The van der Waals surface area contributed by atoms with Gasteiger partial charge in [-0.05, 0) is 50.6 Å². The molecular formula is C13H17ClN2O. The first kappa shape index (κ1) is 12.4. The SMILES string of the molecule is Cc1c(Cl)cccc1NC(=O)C1CCNCC1. The van der Waals surface area contributed by atoms with Crippen LogP contribution in [0.15, 0.2) is 18.2 Å². The molecular weight excluding hydrogens is 236 g/mol. The third-order valence-corrected chi connectivity index (χ3v) is 3.64. The number of hydrogen-bond donors (Lipinski definition) is 2. The van der Waals surface area contributed by atoms with E-state index in [2.05, 4.69) is 10.6 Å². The molecule has 92 valence electrons. The van der Waals surface area contributed by atoms with Crippen LogP contribution in [0.4, 0.5) is 5.69 Å². The quantitative estimate of drug-likeness (QED) is 0.850. The van der Waals surface area contributed by atoms with Gasteiger partial charge in [-0.1, -0.05) is 17.7 Å². The maximum absolute atomic E-state index is 12.0. The average molecular weight is 253 g/mol. The van der Waals surface area contributed by atoms with E-state index in [-0.39, 0.29) is 11.8 Å². The molecule has 1 aromatic carbocycles. The van der Waals surface area contributed by atoms with Gasteiger partial charge in [0.25, 0.3) is 0 Å². The zero-order chi connectivity index (χ0) is 12.3. The van der Waals surface area contributed by atoms with Gasteiger partial charge in [0, 0.05) is 16.6 Å². The number of anilines is 1. The van der Waals surface area contributed by atoms with Crippen LogP contribution >= 0.6 is 11.6 Å². The minimum Gasteiger partial charge on any atom is -0.326 e. The minimum absolute atomic E-state index is 0.108. The summed E-state index contributed by atoms with van der Waals surface area (Å²) in [6.45, 7) is 3.76. The van der Waals surface area contributed by atoms with Gasteiger partial charge in [-0.3, -0.25) is 4.79 Å². The topological polar surface area (TPSA) is 41.1 Å². The molecule has 1 aliphatic rings. The molecule has 0 bridgehead atoms. The molecule has 0 aliphatic carbocycles. The van der Waals surface area contributed by atoms with Gasteiger partial charge in [0.1, 0.15) is 0 Å². The average Bonchev–Trinajstić information content (AvgIpc) is 2.36. The molecule has 0 atom stereocenters. The van der Waals surface area contributed by atoms with E-state index in [1.165, 1.54) is 0 Å². The van der Waals surface area contributed by atoms with Gasteiger partial charge in [0.05, 0.1) is 0 Å². The highest BCUT2D eigenvalue weighted by Crippen LogP contribution is 2.24. The van der Waals surface area contributed by atoms with Crippen molar-refractivity contribution in [1.29, 1.82) is 0 Å². The number of benzene rings is 1. The van der Waals surface area contributed by atoms with E-state index in [0.29, 0.717) is 5.02 Å². The first-order valence-electron chi connectivity index (χ1n) is 5.95. The van der Waals surface area contributed by atoms with Crippen LogP contribution in [0.1, 0.15) is 18.4 Å². The number of nitrogens with one attached hydrogen (secondary N) is 2. The largest absolute Gasteiger partial charge is 0.326 e. The van der Waals surface area contributed by atoms with E-state index in [1.54, 1.807) is 0 Å². The molecule has 0 radical (unpaired) electrons. The molecule has 0 saturated carbocycles. The van der Waals surface area contributed by atoms with Gasteiger partial charge in [0.15, 0.2) is 0 Å². The summed E-state index contributed by atoms with van der Waals surface area (Å²) in [5, 5.41) is 6.91. The smallest absolute Gasteiger partial charge is 0.227 e. The molecule has 2 rings (SSSR count). The molecule has 1 fully saturated rings. The first-order chi connectivity index (χ1) is 8.18. The van der Waals surface area contributed by atoms with Gasteiger partial charge >= 0.3 is 0 Å². The lowest BCUT2D eigenvalue weighted by Crippen LogP contribution is -2.34. The lowest BCUT2D eigenvalue weighted by Gasteiger charge is -2.22. The van der Waals surface area contributed by atoms with Crippen molar-refractivity contribution in [3.63, 3.8) is 0 Å². The number of carbonyl (C=O) groups excluding carboxylic acids is 1. The summed E-state index contributed by atoms with van der Waals surface area (Å²) >= 11 is 6.02. The molecule has 1 heterocycles. The molecule has 0 aromatic heterocycles. The summed E-state index contributed by atoms with van der Waals surface area (Å²) in [5.41, 5.74) is 1.75. The maximum Gasteiger partial charge on any atom is 0.227 e. The fourth-order valence-corrected chi connectivity index (χ4v) is 2.24. The van der Waals surface area contributed by atoms with E-state index in [1.807, 2.05) is 25.1 Å². The van der Waals surface area contributed by atoms with Crippen molar-refractivity contribution in [1.82, 2.24) is 5.32 Å². The molecule has 1 amide bonds. The Kier molecular flexibility index (Phi) is 4.02. The number of amides is 1. The standard InChI is InChI=1S/C13H17ClN2O/c1-9-11(14)3-2-4-12(9)16-13(17)10-5-7-15-8-6-10/h2-4,10,15H,5-8H2,1H3,(H,16,17). The summed E-state index contributed by atoms with van der Waals surface area (Å²) in [5.74, 6) is 0.228. The third kappa shape index (κ3) is 2.99. The van der Waals surface area contributed by atoms with Crippen LogP contribution in [0.25, 0.3) is 0 Å². The van der Waals surface area contributed by atoms with Crippen LogP contribution in [0.2, 0.25) is 5.02 Å². The highest BCUT2D eigenvalue weighted by atomic mass is 35.5. The van der Waals surface area contributed by atoms with E-state index in [4.69, 9.17) is 11.6 Å². The van der Waals surface area contributed by atoms with Gasteiger partial charge in [0.2, 0.25) is 5.91 Å². The Morgan fingerprint density at radius 3 is 2.82 bits per heavy atom. The Hall–Kier alpha value is -1.06. The molecule has 3 nitrogen and oxygen atoms in total. The van der Waals surface area contributed by atoms with Crippen molar-refractivity contribution in [2.24, 2.45) is 5.92 Å². The second-order valence-electron chi connectivity index (χ2n) is 4.43. The van der Waals surface area contributed by atoms with Gasteiger partial charge < -0.3 is 10.6 Å². The number of rotatable bonds is 2. The van der Waals surface area contributed by atoms with Crippen LogP contribution < -0.4 is 10.6 Å². The Bertz CT molecular complexity index is 414. The molecule has 0 unspecified atom stereocenters. The first-order valence-corrected chi connectivity index (χ1v) is 6.33. The Morgan fingerprint density at radius 1 is 1.41 bits per heavy atom. The summed E-state index contributed by atoms with van der Waals surface area (Å²) in [7, 11) is 0. The Balaban J connectivity index is 2.04. The zero-order valence-electron chi connectivity index (χ0n) is 9.92. The third-order valence-electron chi connectivity index (χ3n) is 3.24. The normalized spacial score (nSPS) is 16.8. The van der Waals surface area contributed by atoms with Crippen molar-refractivity contribution < 1.29 is 4.79 Å². The monoisotopic (exact) mass is 252 g/mol. The van der Waals surface area contributed by atoms with E-state index in [9.17, 15) is 4.79 Å². The molecule has 17 heavy (non-hydrogen) atoms. The molecule has 0 spiro atoms. The van der Waals surface area contributed by atoms with Crippen molar-refractivity contribution >= 4 is 23.2 Å². The minimum atomic E-state index is 0.108. The number of hydrogen-bond acceptors (Lipinski definition) is 2. The lowest BCUT2D eigenvalue weighted by atomic mass is 9.97. The van der Waals surface area contributed by atoms with Crippen LogP contribution in [0.5, 0.6) is 0 Å². The van der Waals surface area contributed by atoms with E-state index in [0.717, 1.165) is 37.2 Å². The van der Waals surface area contributed by atoms with E-state index >= 15 is 0 Å². The van der Waals surface area contributed by atoms with Crippen molar-refractivity contribution in [2.75, 3.05) is 18.4 Å². The van der Waals surface area contributed by atoms with E-state index < -0.39 is 0 Å². The number of piperidine rings is 1. The van der Waals surface area contributed by atoms with Crippen LogP contribution in [0, 0.1) is 12.8 Å². The Morgan fingerprint density at radius 2 is 2.12 bits per heavy atom. The second-order valence-corrected chi connectivity index (χ2v) is 4.83. The molecule has 2 N–H and O–H groups in total. The number of halogens is 1. The maximum atomic E-state index is 12.0. The zero-order valence-corrected chi connectivity index (χ0v) is 10.7. The summed E-state index contributed by atoms with van der Waals surface area (Å²) in [4.78, 5) is 12.0. The fraction of sp³-hybridized carbons (Fsp3) is 0.462. The van der Waals surface area contributed by atoms with Crippen LogP contribution in [0.3, 0.4) is 0 Å². The fourth-order valence-electron chi connectivity index (χ4n) is 2.06. The van der Waals surface area contributed by atoms with Crippen molar-refractivity contribution in [2.45, 2.75) is 19.8 Å². The predicted octanol–water partition coefficient (Wildman–Crippen LogP) is 2.59. The van der Waals surface area contributed by atoms with Crippen molar-refractivity contribution in [3.8, 4) is 0 Å². The summed E-state index contributed by atoms with van der Waals surface area (Å²) in [6, 6.07) is 5.57. The predicted molar refractivity (Wildman–Crippen MR) is 70.4 cm³/mol. The van der Waals surface area contributed by atoms with Crippen LogP contribution in [-0.4, -0.2) is 19.0 Å². The second kappa shape index (κ2) is 5.52. The van der Waals surface area contributed by atoms with Gasteiger partial charge in [-0.2, -0.15) is 0 Å². The highest BCUT2D eigenvalue weighted by molar-refractivity contribution is 6.31. The lowest BCUT2D eigenvalue weighted by molar-refractivity contribution is -0.120. The highest BCUT2D eigenvalue weighted by Gasteiger charge is 2.21. The van der Waals surface area contributed by atoms with Crippen LogP contribution in [-0.2, 0) is 4.79 Å². The Labute approximate surface area is 107 Å². The molecule has 4 heteroatoms.